The van der Waals surface area contributed by atoms with Crippen molar-refractivity contribution in [2.75, 3.05) is 19.6 Å². The molecule has 1 aliphatic rings. The Morgan fingerprint density at radius 3 is 2.65 bits per heavy atom. The minimum Gasteiger partial charge on any atom is -0.369 e. The average Bonchev–Trinajstić information content (AvgIpc) is 2.86. The van der Waals surface area contributed by atoms with Gasteiger partial charge in [-0.05, 0) is 36.8 Å². The molecule has 1 fully saturated rings. The van der Waals surface area contributed by atoms with Crippen LogP contribution in [0.4, 0.5) is 0 Å². The Bertz CT molecular complexity index is 733. The molecule has 122 valence electrons. The quantitative estimate of drug-likeness (QED) is 0.898. The van der Waals surface area contributed by atoms with Gasteiger partial charge >= 0.3 is 0 Å². The number of thiophene rings is 1. The lowest BCUT2D eigenvalue weighted by Gasteiger charge is -2.31. The molecule has 0 unspecified atom stereocenters. The maximum atomic E-state index is 12.6. The molecular weight excluding hydrogens is 310 g/mol. The standard InChI is InChI=1S/C17H21N3O2S/c1-11-13-4-2-3-5-14(13)23-16(11)17(22)19-12-6-8-20(9-7-12)10-15(18)21/h2-5,12H,6-10H2,1H3,(H2,18,21)(H,19,22). The molecule has 1 aromatic carbocycles. The summed E-state index contributed by atoms with van der Waals surface area (Å²) in [5, 5.41) is 4.29. The van der Waals surface area contributed by atoms with Crippen LogP contribution >= 0.6 is 11.3 Å². The second kappa shape index (κ2) is 6.68. The van der Waals surface area contributed by atoms with Gasteiger partial charge in [0.05, 0.1) is 11.4 Å². The molecule has 0 radical (unpaired) electrons. The molecule has 6 heteroatoms. The van der Waals surface area contributed by atoms with Crippen LogP contribution in [0.15, 0.2) is 24.3 Å². The van der Waals surface area contributed by atoms with Crippen molar-refractivity contribution in [2.45, 2.75) is 25.8 Å². The molecule has 1 aliphatic heterocycles. The summed E-state index contributed by atoms with van der Waals surface area (Å²) in [6.07, 6.45) is 1.70. The zero-order valence-corrected chi connectivity index (χ0v) is 14.0. The second-order valence-electron chi connectivity index (χ2n) is 6.04. The summed E-state index contributed by atoms with van der Waals surface area (Å²) >= 11 is 1.55. The van der Waals surface area contributed by atoms with E-state index in [0.29, 0.717) is 6.54 Å². The summed E-state index contributed by atoms with van der Waals surface area (Å²) in [7, 11) is 0. The van der Waals surface area contributed by atoms with Crippen molar-refractivity contribution in [3.05, 3.63) is 34.7 Å². The van der Waals surface area contributed by atoms with Crippen LogP contribution in [0.25, 0.3) is 10.1 Å². The summed E-state index contributed by atoms with van der Waals surface area (Å²) < 4.78 is 1.14. The molecule has 0 saturated carbocycles. The molecule has 3 rings (SSSR count). The Kier molecular flexibility index (Phi) is 4.63. The number of carbonyl (C=O) groups is 2. The predicted octanol–water partition coefficient (Wildman–Crippen LogP) is 1.89. The molecule has 2 heterocycles. The molecule has 5 nitrogen and oxygen atoms in total. The van der Waals surface area contributed by atoms with E-state index in [1.54, 1.807) is 11.3 Å². The van der Waals surface area contributed by atoms with Gasteiger partial charge in [-0.25, -0.2) is 0 Å². The number of piperidine rings is 1. The van der Waals surface area contributed by atoms with E-state index in [0.717, 1.165) is 46.5 Å². The number of nitrogens with one attached hydrogen (secondary N) is 1. The van der Waals surface area contributed by atoms with Crippen LogP contribution < -0.4 is 11.1 Å². The molecule has 2 aromatic rings. The summed E-state index contributed by atoms with van der Waals surface area (Å²) in [6.45, 7) is 3.89. The number of rotatable bonds is 4. The second-order valence-corrected chi connectivity index (χ2v) is 7.09. The Morgan fingerprint density at radius 1 is 1.30 bits per heavy atom. The number of nitrogens with zero attached hydrogens (tertiary/aromatic N) is 1. The zero-order valence-electron chi connectivity index (χ0n) is 13.2. The van der Waals surface area contributed by atoms with Gasteiger partial charge in [-0.3, -0.25) is 14.5 Å². The molecule has 0 atom stereocenters. The Balaban J connectivity index is 1.63. The van der Waals surface area contributed by atoms with Gasteiger partial charge in [0.15, 0.2) is 0 Å². The average molecular weight is 331 g/mol. The number of hydrogen-bond donors (Lipinski definition) is 2. The fourth-order valence-corrected chi connectivity index (χ4v) is 4.21. The minimum atomic E-state index is -0.298. The van der Waals surface area contributed by atoms with Gasteiger partial charge in [0.25, 0.3) is 5.91 Å². The van der Waals surface area contributed by atoms with Gasteiger partial charge in [-0.1, -0.05) is 18.2 Å². The highest BCUT2D eigenvalue weighted by Gasteiger charge is 2.23. The van der Waals surface area contributed by atoms with Crippen molar-refractivity contribution < 1.29 is 9.59 Å². The van der Waals surface area contributed by atoms with E-state index >= 15 is 0 Å². The van der Waals surface area contributed by atoms with Crippen LogP contribution in [0.3, 0.4) is 0 Å². The van der Waals surface area contributed by atoms with Gasteiger partial charge in [-0.15, -0.1) is 11.3 Å². The number of aryl methyl sites for hydroxylation is 1. The lowest BCUT2D eigenvalue weighted by Crippen LogP contribution is -2.46. The summed E-state index contributed by atoms with van der Waals surface area (Å²) in [4.78, 5) is 26.4. The van der Waals surface area contributed by atoms with E-state index in [1.807, 2.05) is 30.0 Å². The minimum absolute atomic E-state index is 0.0112. The highest BCUT2D eigenvalue weighted by molar-refractivity contribution is 7.21. The molecule has 0 spiro atoms. The van der Waals surface area contributed by atoms with Gasteiger partial charge in [0.2, 0.25) is 5.91 Å². The third kappa shape index (κ3) is 3.54. The normalized spacial score (nSPS) is 16.6. The van der Waals surface area contributed by atoms with Gasteiger partial charge in [0.1, 0.15) is 0 Å². The molecule has 3 N–H and O–H groups in total. The monoisotopic (exact) mass is 331 g/mol. The molecular formula is C17H21N3O2S. The van der Waals surface area contributed by atoms with Crippen LogP contribution in [0.5, 0.6) is 0 Å². The molecule has 23 heavy (non-hydrogen) atoms. The number of carbonyl (C=O) groups excluding carboxylic acids is 2. The van der Waals surface area contributed by atoms with Crippen molar-refractivity contribution >= 4 is 33.2 Å². The highest BCUT2D eigenvalue weighted by Crippen LogP contribution is 2.30. The third-order valence-corrected chi connectivity index (χ3v) is 5.62. The topological polar surface area (TPSA) is 75.4 Å². The number of primary amides is 1. The molecule has 2 amide bonds. The van der Waals surface area contributed by atoms with Gasteiger partial charge in [0, 0.05) is 23.8 Å². The van der Waals surface area contributed by atoms with Crippen molar-refractivity contribution in [3.8, 4) is 0 Å². The zero-order chi connectivity index (χ0) is 16.4. The smallest absolute Gasteiger partial charge is 0.261 e. The van der Waals surface area contributed by atoms with Gasteiger partial charge < -0.3 is 11.1 Å². The van der Waals surface area contributed by atoms with E-state index < -0.39 is 0 Å². The van der Waals surface area contributed by atoms with E-state index in [9.17, 15) is 9.59 Å². The van der Waals surface area contributed by atoms with Crippen LogP contribution in [0.1, 0.15) is 28.1 Å². The first-order valence-electron chi connectivity index (χ1n) is 7.84. The maximum absolute atomic E-state index is 12.6. The van der Waals surface area contributed by atoms with Crippen molar-refractivity contribution in [1.29, 1.82) is 0 Å². The van der Waals surface area contributed by atoms with E-state index in [-0.39, 0.29) is 17.9 Å². The number of hydrogen-bond acceptors (Lipinski definition) is 4. The Hall–Kier alpha value is -1.92. The lowest BCUT2D eigenvalue weighted by atomic mass is 10.0. The van der Waals surface area contributed by atoms with Crippen LogP contribution in [0.2, 0.25) is 0 Å². The first-order valence-corrected chi connectivity index (χ1v) is 8.66. The number of fused-ring (bicyclic) bond motifs is 1. The van der Waals surface area contributed by atoms with Gasteiger partial charge in [-0.2, -0.15) is 0 Å². The largest absolute Gasteiger partial charge is 0.369 e. The number of benzene rings is 1. The molecule has 0 aliphatic carbocycles. The summed E-state index contributed by atoms with van der Waals surface area (Å²) in [5.41, 5.74) is 6.27. The Morgan fingerprint density at radius 2 is 2.00 bits per heavy atom. The Labute approximate surface area is 139 Å². The molecule has 1 aromatic heterocycles. The van der Waals surface area contributed by atoms with Crippen LogP contribution in [-0.2, 0) is 4.79 Å². The SMILES string of the molecule is Cc1c(C(=O)NC2CCN(CC(N)=O)CC2)sc2ccccc12. The van der Waals surface area contributed by atoms with E-state index in [2.05, 4.69) is 11.4 Å². The fraction of sp³-hybridized carbons (Fsp3) is 0.412. The summed E-state index contributed by atoms with van der Waals surface area (Å²) in [5.74, 6) is -0.287. The van der Waals surface area contributed by atoms with E-state index in [4.69, 9.17) is 5.73 Å². The third-order valence-electron chi connectivity index (χ3n) is 4.35. The fourth-order valence-electron chi connectivity index (χ4n) is 3.10. The van der Waals surface area contributed by atoms with Crippen LogP contribution in [-0.4, -0.2) is 42.4 Å². The highest BCUT2D eigenvalue weighted by atomic mass is 32.1. The first-order chi connectivity index (χ1) is 11.0. The predicted molar refractivity (Wildman–Crippen MR) is 92.7 cm³/mol. The molecule has 1 saturated heterocycles. The number of nitrogens with two attached hydrogens (primary N) is 1. The number of amides is 2. The maximum Gasteiger partial charge on any atom is 0.261 e. The molecule has 0 bridgehead atoms. The van der Waals surface area contributed by atoms with Crippen LogP contribution in [0, 0.1) is 6.92 Å². The first kappa shape index (κ1) is 16.0. The van der Waals surface area contributed by atoms with Crippen molar-refractivity contribution in [2.24, 2.45) is 5.73 Å². The van der Waals surface area contributed by atoms with E-state index in [1.165, 1.54) is 0 Å². The van der Waals surface area contributed by atoms with Crippen molar-refractivity contribution in [3.63, 3.8) is 0 Å². The lowest BCUT2D eigenvalue weighted by molar-refractivity contribution is -0.119. The van der Waals surface area contributed by atoms with Crippen molar-refractivity contribution in [1.82, 2.24) is 10.2 Å². The summed E-state index contributed by atoms with van der Waals surface area (Å²) in [6, 6.07) is 8.26. The number of likely N-dealkylation sites (tertiary alicyclic amines) is 1.